The number of aryl methyl sites for hydroxylation is 2. The zero-order valence-electron chi connectivity index (χ0n) is 13.7. The van der Waals surface area contributed by atoms with Crippen LogP contribution in [0.25, 0.3) is 0 Å². The lowest BCUT2D eigenvalue weighted by Gasteiger charge is -2.18. The average Bonchev–Trinajstić information content (AvgIpc) is 2.64. The maximum Gasteiger partial charge on any atom is 0.191 e. The van der Waals surface area contributed by atoms with E-state index in [0.29, 0.717) is 6.04 Å². The molecule has 1 aromatic heterocycles. The quantitative estimate of drug-likeness (QED) is 0.475. The Morgan fingerprint density at radius 2 is 2.10 bits per heavy atom. The van der Waals surface area contributed by atoms with Crippen LogP contribution in [0.3, 0.4) is 0 Å². The van der Waals surface area contributed by atoms with Crippen molar-refractivity contribution in [2.24, 2.45) is 12.0 Å². The smallest absolute Gasteiger partial charge is 0.191 e. The van der Waals surface area contributed by atoms with Crippen LogP contribution >= 0.6 is 0 Å². The van der Waals surface area contributed by atoms with Gasteiger partial charge >= 0.3 is 0 Å². The number of guanidine groups is 1. The first-order chi connectivity index (χ1) is 9.49. The summed E-state index contributed by atoms with van der Waals surface area (Å²) in [5.74, 6) is 0.880. The summed E-state index contributed by atoms with van der Waals surface area (Å²) in [6.07, 6.45) is 3.31. The molecule has 1 rings (SSSR count). The normalized spacial score (nSPS) is 13.4. The molecule has 0 spiro atoms. The van der Waals surface area contributed by atoms with E-state index in [1.165, 1.54) is 17.7 Å². The molecule has 0 aliphatic heterocycles. The number of hydrogen-bond donors (Lipinski definition) is 2. The van der Waals surface area contributed by atoms with Crippen LogP contribution in [0.1, 0.15) is 43.6 Å². The Morgan fingerprint density at radius 3 is 2.60 bits per heavy atom. The molecule has 2 N–H and O–H groups in total. The molecule has 0 aliphatic carbocycles. The topological polar surface area (TPSA) is 54.2 Å². The van der Waals surface area contributed by atoms with Gasteiger partial charge in [0.15, 0.2) is 5.96 Å². The Kier molecular flexibility index (Phi) is 6.55. The highest BCUT2D eigenvalue weighted by Crippen LogP contribution is 2.13. The zero-order valence-corrected chi connectivity index (χ0v) is 13.7. The number of nitrogens with zero attached hydrogens (tertiary/aromatic N) is 3. The van der Waals surface area contributed by atoms with Gasteiger partial charge in [0, 0.05) is 32.4 Å². The fourth-order valence-electron chi connectivity index (χ4n) is 2.28. The Hall–Kier alpha value is -1.52. The van der Waals surface area contributed by atoms with Gasteiger partial charge in [0.1, 0.15) is 0 Å². The van der Waals surface area contributed by atoms with Crippen molar-refractivity contribution in [3.63, 3.8) is 0 Å². The first kappa shape index (κ1) is 16.5. The molecule has 0 fully saturated rings. The fourth-order valence-corrected chi connectivity index (χ4v) is 2.28. The molecule has 0 saturated heterocycles. The summed E-state index contributed by atoms with van der Waals surface area (Å²) in [4.78, 5) is 4.27. The van der Waals surface area contributed by atoms with Gasteiger partial charge in [0.25, 0.3) is 0 Å². The largest absolute Gasteiger partial charge is 0.356 e. The minimum Gasteiger partial charge on any atom is -0.356 e. The Labute approximate surface area is 122 Å². The third-order valence-electron chi connectivity index (χ3n) is 3.60. The third kappa shape index (κ3) is 4.54. The highest BCUT2D eigenvalue weighted by molar-refractivity contribution is 5.79. The van der Waals surface area contributed by atoms with Gasteiger partial charge in [-0.25, -0.2) is 0 Å². The molecule has 1 atom stereocenters. The van der Waals surface area contributed by atoms with Gasteiger partial charge in [-0.15, -0.1) is 0 Å². The fraction of sp³-hybridized carbons (Fsp3) is 0.733. The van der Waals surface area contributed by atoms with Gasteiger partial charge in [-0.3, -0.25) is 9.67 Å². The van der Waals surface area contributed by atoms with Crippen LogP contribution in [0.4, 0.5) is 0 Å². The Morgan fingerprint density at radius 1 is 1.40 bits per heavy atom. The number of rotatable bonds is 6. The first-order valence-corrected chi connectivity index (χ1v) is 7.45. The van der Waals surface area contributed by atoms with Gasteiger partial charge in [-0.05, 0) is 39.2 Å². The number of hydrogen-bond acceptors (Lipinski definition) is 2. The molecule has 0 aromatic carbocycles. The van der Waals surface area contributed by atoms with Crippen molar-refractivity contribution >= 4 is 5.96 Å². The van der Waals surface area contributed by atoms with Crippen molar-refractivity contribution in [3.05, 3.63) is 17.0 Å². The van der Waals surface area contributed by atoms with E-state index in [2.05, 4.69) is 48.4 Å². The lowest BCUT2D eigenvalue weighted by molar-refractivity contribution is 0.630. The number of aliphatic imine (C=N–C) groups is 1. The lowest BCUT2D eigenvalue weighted by Crippen LogP contribution is -2.43. The van der Waals surface area contributed by atoms with E-state index >= 15 is 0 Å². The monoisotopic (exact) mass is 279 g/mol. The van der Waals surface area contributed by atoms with Crippen molar-refractivity contribution in [2.75, 3.05) is 13.6 Å². The second kappa shape index (κ2) is 7.92. The van der Waals surface area contributed by atoms with Gasteiger partial charge < -0.3 is 10.6 Å². The van der Waals surface area contributed by atoms with Crippen LogP contribution < -0.4 is 10.6 Å². The van der Waals surface area contributed by atoms with Crippen molar-refractivity contribution in [3.8, 4) is 0 Å². The van der Waals surface area contributed by atoms with Gasteiger partial charge in [-0.1, -0.05) is 13.3 Å². The van der Waals surface area contributed by atoms with E-state index in [9.17, 15) is 0 Å². The molecule has 0 aliphatic rings. The van der Waals surface area contributed by atoms with E-state index in [1.54, 1.807) is 0 Å². The van der Waals surface area contributed by atoms with Crippen molar-refractivity contribution < 1.29 is 0 Å². The zero-order chi connectivity index (χ0) is 15.1. The summed E-state index contributed by atoms with van der Waals surface area (Å²) < 4.78 is 1.95. The summed E-state index contributed by atoms with van der Waals surface area (Å²) in [5, 5.41) is 11.2. The molecule has 0 radical (unpaired) electrons. The lowest BCUT2D eigenvalue weighted by atomic mass is 10.1. The number of nitrogens with one attached hydrogen (secondary N) is 2. The molecule has 5 heteroatoms. The summed E-state index contributed by atoms with van der Waals surface area (Å²) >= 11 is 0. The van der Waals surface area contributed by atoms with E-state index in [-0.39, 0.29) is 0 Å². The van der Waals surface area contributed by atoms with E-state index in [1.807, 2.05) is 18.8 Å². The van der Waals surface area contributed by atoms with Crippen LogP contribution in [0.15, 0.2) is 4.99 Å². The van der Waals surface area contributed by atoms with Gasteiger partial charge in [0.05, 0.1) is 5.69 Å². The maximum atomic E-state index is 4.47. The standard InChI is InChI=1S/C15H29N5/c1-7-8-9-17-15(16-5)18-11(2)10-14-12(3)19-20(6)13(14)4/h11H,7-10H2,1-6H3,(H2,16,17,18). The Bertz CT molecular complexity index is 447. The summed E-state index contributed by atoms with van der Waals surface area (Å²) in [6, 6.07) is 0.324. The second-order valence-corrected chi connectivity index (χ2v) is 5.38. The predicted molar refractivity (Wildman–Crippen MR) is 85.3 cm³/mol. The molecular formula is C15H29N5. The number of unbranched alkanes of at least 4 members (excludes halogenated alkanes) is 1. The van der Waals surface area contributed by atoms with Gasteiger partial charge in [0.2, 0.25) is 0 Å². The number of aromatic nitrogens is 2. The molecule has 20 heavy (non-hydrogen) atoms. The molecule has 1 aromatic rings. The molecule has 0 amide bonds. The van der Waals surface area contributed by atoms with Crippen molar-refractivity contribution in [1.82, 2.24) is 20.4 Å². The molecular weight excluding hydrogens is 250 g/mol. The van der Waals surface area contributed by atoms with Crippen LogP contribution in [0, 0.1) is 13.8 Å². The van der Waals surface area contributed by atoms with Crippen LogP contribution in [-0.2, 0) is 13.5 Å². The average molecular weight is 279 g/mol. The summed E-state index contributed by atoms with van der Waals surface area (Å²) in [7, 11) is 3.81. The van der Waals surface area contributed by atoms with E-state index in [0.717, 1.165) is 31.0 Å². The van der Waals surface area contributed by atoms with E-state index < -0.39 is 0 Å². The highest BCUT2D eigenvalue weighted by atomic mass is 15.3. The van der Waals surface area contributed by atoms with Crippen molar-refractivity contribution in [2.45, 2.75) is 53.0 Å². The van der Waals surface area contributed by atoms with Crippen molar-refractivity contribution in [1.29, 1.82) is 0 Å². The molecule has 0 bridgehead atoms. The Balaban J connectivity index is 2.55. The van der Waals surface area contributed by atoms with Crippen LogP contribution in [0.2, 0.25) is 0 Å². The minimum absolute atomic E-state index is 0.324. The second-order valence-electron chi connectivity index (χ2n) is 5.38. The minimum atomic E-state index is 0.324. The van der Waals surface area contributed by atoms with Crippen LogP contribution in [-0.4, -0.2) is 35.4 Å². The molecule has 1 unspecified atom stereocenters. The van der Waals surface area contributed by atoms with Crippen LogP contribution in [0.5, 0.6) is 0 Å². The summed E-state index contributed by atoms with van der Waals surface area (Å²) in [6.45, 7) is 9.53. The third-order valence-corrected chi connectivity index (χ3v) is 3.60. The molecule has 5 nitrogen and oxygen atoms in total. The highest BCUT2D eigenvalue weighted by Gasteiger charge is 2.13. The molecule has 114 valence electrons. The first-order valence-electron chi connectivity index (χ1n) is 7.45. The molecule has 1 heterocycles. The van der Waals surface area contributed by atoms with Gasteiger partial charge in [-0.2, -0.15) is 5.10 Å². The SMILES string of the molecule is CCCCNC(=NC)NC(C)Cc1c(C)nn(C)c1C. The molecule has 0 saturated carbocycles. The van der Waals surface area contributed by atoms with E-state index in [4.69, 9.17) is 0 Å². The predicted octanol–water partition coefficient (Wildman–Crippen LogP) is 1.93. The summed E-state index contributed by atoms with van der Waals surface area (Å²) in [5.41, 5.74) is 3.69. The maximum absolute atomic E-state index is 4.47.